The molecule has 2 rings (SSSR count). The van der Waals surface area contributed by atoms with Crippen molar-refractivity contribution in [2.24, 2.45) is 0 Å². The van der Waals surface area contributed by atoms with Crippen LogP contribution in [0.25, 0.3) is 0 Å². The number of benzene rings is 1. The van der Waals surface area contributed by atoms with E-state index in [-0.39, 0.29) is 0 Å². The summed E-state index contributed by atoms with van der Waals surface area (Å²) in [4.78, 5) is 23.7. The molecule has 0 spiro atoms. The highest BCUT2D eigenvalue weighted by atomic mass is 16.4. The monoisotopic (exact) mass is 205 g/mol. The third-order valence-electron chi connectivity index (χ3n) is 2.75. The first-order valence-electron chi connectivity index (χ1n) is 4.63. The summed E-state index contributed by atoms with van der Waals surface area (Å²) in [7, 11) is 0. The SMILES string of the molecule is CC1(C)C(=O)N(C(=O)O)c2ccccc21. The van der Waals surface area contributed by atoms with Crippen LogP contribution in [0.5, 0.6) is 0 Å². The quantitative estimate of drug-likeness (QED) is 0.704. The predicted octanol–water partition coefficient (Wildman–Crippen LogP) is 1.99. The number of carboxylic acid groups (broad SMARTS) is 1. The zero-order valence-electron chi connectivity index (χ0n) is 8.52. The van der Waals surface area contributed by atoms with E-state index in [0.29, 0.717) is 5.69 Å². The average Bonchev–Trinajstić information content (AvgIpc) is 2.36. The standard InChI is InChI=1S/C11H11NO3/c1-11(2)7-5-3-4-6-8(7)12(9(11)13)10(14)15/h3-6H,1-2H3,(H,14,15). The number of para-hydroxylation sites is 1. The first-order chi connectivity index (χ1) is 6.96. The highest BCUT2D eigenvalue weighted by Gasteiger charge is 2.46. The summed E-state index contributed by atoms with van der Waals surface area (Å²) in [5.41, 5.74) is 0.479. The second-order valence-electron chi connectivity index (χ2n) is 4.07. The van der Waals surface area contributed by atoms with Gasteiger partial charge in [-0.25, -0.2) is 9.69 Å². The minimum absolute atomic E-state index is 0.392. The maximum atomic E-state index is 11.9. The molecule has 0 radical (unpaired) electrons. The number of carbonyl (C=O) groups is 2. The number of anilines is 1. The van der Waals surface area contributed by atoms with E-state index < -0.39 is 17.4 Å². The first-order valence-corrected chi connectivity index (χ1v) is 4.63. The van der Waals surface area contributed by atoms with Crippen LogP contribution in [0.2, 0.25) is 0 Å². The van der Waals surface area contributed by atoms with Crippen LogP contribution >= 0.6 is 0 Å². The van der Waals surface area contributed by atoms with Crippen molar-refractivity contribution in [2.75, 3.05) is 4.90 Å². The van der Waals surface area contributed by atoms with Crippen LogP contribution < -0.4 is 4.90 Å². The lowest BCUT2D eigenvalue weighted by Gasteiger charge is -2.16. The lowest BCUT2D eigenvalue weighted by atomic mass is 9.86. The number of hydrogen-bond acceptors (Lipinski definition) is 2. The highest BCUT2D eigenvalue weighted by Crippen LogP contribution is 2.41. The van der Waals surface area contributed by atoms with Crippen molar-refractivity contribution >= 4 is 17.7 Å². The Balaban J connectivity index is 2.67. The van der Waals surface area contributed by atoms with E-state index in [4.69, 9.17) is 5.11 Å². The molecule has 4 nitrogen and oxygen atoms in total. The van der Waals surface area contributed by atoms with Gasteiger partial charge in [-0.05, 0) is 25.5 Å². The Labute approximate surface area is 87.1 Å². The molecule has 0 saturated heterocycles. The van der Waals surface area contributed by atoms with Gasteiger partial charge in [-0.15, -0.1) is 0 Å². The van der Waals surface area contributed by atoms with Gasteiger partial charge in [0.25, 0.3) is 0 Å². The van der Waals surface area contributed by atoms with Gasteiger partial charge in [0.2, 0.25) is 5.91 Å². The normalized spacial score (nSPS) is 17.7. The Hall–Kier alpha value is -1.84. The fraction of sp³-hybridized carbons (Fsp3) is 0.273. The molecule has 78 valence electrons. The molecule has 15 heavy (non-hydrogen) atoms. The molecule has 1 aliphatic rings. The number of amides is 2. The number of hydrogen-bond donors (Lipinski definition) is 1. The second kappa shape index (κ2) is 2.82. The van der Waals surface area contributed by atoms with Crippen molar-refractivity contribution in [1.29, 1.82) is 0 Å². The highest BCUT2D eigenvalue weighted by molar-refractivity contribution is 6.20. The van der Waals surface area contributed by atoms with E-state index in [1.807, 2.05) is 0 Å². The molecule has 1 aromatic carbocycles. The summed E-state index contributed by atoms with van der Waals surface area (Å²) in [6.07, 6.45) is -1.22. The van der Waals surface area contributed by atoms with Crippen molar-refractivity contribution in [3.63, 3.8) is 0 Å². The number of fused-ring (bicyclic) bond motifs is 1. The molecule has 4 heteroatoms. The maximum Gasteiger partial charge on any atom is 0.418 e. The number of nitrogens with zero attached hydrogens (tertiary/aromatic N) is 1. The van der Waals surface area contributed by atoms with E-state index in [0.717, 1.165) is 10.5 Å². The van der Waals surface area contributed by atoms with Crippen LogP contribution in [0, 0.1) is 0 Å². The molecule has 1 aliphatic heterocycles. The number of rotatable bonds is 0. The van der Waals surface area contributed by atoms with Crippen LogP contribution in [0.3, 0.4) is 0 Å². The third-order valence-corrected chi connectivity index (χ3v) is 2.75. The molecule has 0 saturated carbocycles. The van der Waals surface area contributed by atoms with Crippen LogP contribution in [0.15, 0.2) is 24.3 Å². The molecule has 0 atom stereocenters. The molecular formula is C11H11NO3. The molecule has 0 unspecified atom stereocenters. The van der Waals surface area contributed by atoms with E-state index >= 15 is 0 Å². The molecule has 0 fully saturated rings. The number of carbonyl (C=O) groups excluding carboxylic acids is 1. The van der Waals surface area contributed by atoms with Crippen molar-refractivity contribution in [3.8, 4) is 0 Å². The van der Waals surface area contributed by atoms with Gasteiger partial charge in [-0.3, -0.25) is 4.79 Å². The van der Waals surface area contributed by atoms with Crippen molar-refractivity contribution in [3.05, 3.63) is 29.8 Å². The van der Waals surface area contributed by atoms with Crippen molar-refractivity contribution in [1.82, 2.24) is 0 Å². The molecule has 0 bridgehead atoms. The Morgan fingerprint density at radius 2 is 1.93 bits per heavy atom. The van der Waals surface area contributed by atoms with Gasteiger partial charge < -0.3 is 5.11 Å². The summed E-state index contributed by atoms with van der Waals surface area (Å²) in [5, 5.41) is 8.97. The van der Waals surface area contributed by atoms with Crippen LogP contribution in [-0.2, 0) is 10.2 Å². The van der Waals surface area contributed by atoms with Gasteiger partial charge in [0.15, 0.2) is 0 Å². The van der Waals surface area contributed by atoms with Crippen molar-refractivity contribution < 1.29 is 14.7 Å². The van der Waals surface area contributed by atoms with Gasteiger partial charge in [-0.2, -0.15) is 0 Å². The predicted molar refractivity (Wildman–Crippen MR) is 55.0 cm³/mol. The Morgan fingerprint density at radius 3 is 2.53 bits per heavy atom. The molecule has 0 aromatic heterocycles. The van der Waals surface area contributed by atoms with Crippen LogP contribution in [0.4, 0.5) is 10.5 Å². The minimum Gasteiger partial charge on any atom is -0.464 e. The molecule has 2 amide bonds. The summed E-state index contributed by atoms with van der Waals surface area (Å²) >= 11 is 0. The largest absolute Gasteiger partial charge is 0.464 e. The van der Waals surface area contributed by atoms with E-state index in [9.17, 15) is 9.59 Å². The van der Waals surface area contributed by atoms with Crippen molar-refractivity contribution in [2.45, 2.75) is 19.3 Å². The van der Waals surface area contributed by atoms with Gasteiger partial charge in [0.1, 0.15) is 0 Å². The summed E-state index contributed by atoms with van der Waals surface area (Å²) in [5.74, 6) is -0.392. The summed E-state index contributed by atoms with van der Waals surface area (Å²) < 4.78 is 0. The minimum atomic E-state index is -1.22. The molecule has 1 heterocycles. The first kappa shape index (κ1) is 9.71. The Bertz CT molecular complexity index is 451. The topological polar surface area (TPSA) is 57.6 Å². The lowest BCUT2D eigenvalue weighted by molar-refractivity contribution is -0.121. The second-order valence-corrected chi connectivity index (χ2v) is 4.07. The molecule has 1 aromatic rings. The lowest BCUT2D eigenvalue weighted by Crippen LogP contribution is -2.39. The summed E-state index contributed by atoms with van der Waals surface area (Å²) in [6.45, 7) is 3.47. The Morgan fingerprint density at radius 1 is 1.33 bits per heavy atom. The smallest absolute Gasteiger partial charge is 0.418 e. The summed E-state index contributed by atoms with van der Waals surface area (Å²) in [6, 6.07) is 6.97. The Kier molecular flexibility index (Phi) is 1.83. The maximum absolute atomic E-state index is 11.9. The average molecular weight is 205 g/mol. The molecule has 0 aliphatic carbocycles. The van der Waals surface area contributed by atoms with Gasteiger partial charge in [0.05, 0.1) is 11.1 Å². The fourth-order valence-corrected chi connectivity index (χ4v) is 1.89. The number of imide groups is 1. The van der Waals surface area contributed by atoms with Gasteiger partial charge in [0, 0.05) is 0 Å². The van der Waals surface area contributed by atoms with Gasteiger partial charge in [-0.1, -0.05) is 18.2 Å². The van der Waals surface area contributed by atoms with E-state index in [2.05, 4.69) is 0 Å². The van der Waals surface area contributed by atoms with Gasteiger partial charge >= 0.3 is 6.09 Å². The fourth-order valence-electron chi connectivity index (χ4n) is 1.89. The zero-order valence-corrected chi connectivity index (χ0v) is 8.52. The van der Waals surface area contributed by atoms with E-state index in [1.54, 1.807) is 38.1 Å². The molecule has 1 N–H and O–H groups in total. The van der Waals surface area contributed by atoms with E-state index in [1.165, 1.54) is 0 Å². The molecular weight excluding hydrogens is 194 g/mol. The van der Waals surface area contributed by atoms with Crippen LogP contribution in [0.1, 0.15) is 19.4 Å². The van der Waals surface area contributed by atoms with Crippen LogP contribution in [-0.4, -0.2) is 17.1 Å². The third kappa shape index (κ3) is 1.14. The zero-order chi connectivity index (χ0) is 11.2.